The highest BCUT2D eigenvalue weighted by Crippen LogP contribution is 2.15. The molecule has 0 saturated carbocycles. The monoisotopic (exact) mass is 256 g/mol. The first-order chi connectivity index (χ1) is 7.54. The molecule has 1 rings (SSSR count). The summed E-state index contributed by atoms with van der Waals surface area (Å²) in [6.07, 6.45) is 1.72. The van der Waals surface area contributed by atoms with Crippen molar-refractivity contribution in [3.8, 4) is 0 Å². The fourth-order valence-electron chi connectivity index (χ4n) is 1.36. The van der Waals surface area contributed by atoms with Crippen molar-refractivity contribution in [2.24, 2.45) is 5.73 Å². The molecule has 0 aliphatic carbocycles. The van der Waals surface area contributed by atoms with E-state index < -0.39 is 0 Å². The van der Waals surface area contributed by atoms with Crippen molar-refractivity contribution in [2.75, 3.05) is 0 Å². The van der Waals surface area contributed by atoms with Gasteiger partial charge < -0.3 is 11.1 Å². The van der Waals surface area contributed by atoms with Crippen LogP contribution in [-0.2, 0) is 0 Å². The Kier molecular flexibility index (Phi) is 4.89. The molecule has 1 unspecified atom stereocenters. The van der Waals surface area contributed by atoms with Gasteiger partial charge in [0, 0.05) is 4.88 Å². The van der Waals surface area contributed by atoms with Crippen molar-refractivity contribution in [1.82, 2.24) is 5.32 Å². The van der Waals surface area contributed by atoms with Gasteiger partial charge in [0.2, 0.25) is 0 Å². The van der Waals surface area contributed by atoms with Crippen LogP contribution >= 0.6 is 23.6 Å². The van der Waals surface area contributed by atoms with Crippen LogP contribution in [0.2, 0.25) is 0 Å². The highest BCUT2D eigenvalue weighted by molar-refractivity contribution is 7.80. The molecule has 0 spiro atoms. The molecule has 0 fully saturated rings. The summed E-state index contributed by atoms with van der Waals surface area (Å²) >= 11 is 6.39. The molecule has 0 radical (unpaired) electrons. The summed E-state index contributed by atoms with van der Waals surface area (Å²) in [5.41, 5.74) is 5.57. The molecule has 5 heteroatoms. The third kappa shape index (κ3) is 3.57. The molecule has 88 valence electrons. The van der Waals surface area contributed by atoms with Crippen LogP contribution in [0.5, 0.6) is 0 Å². The third-order valence-corrected chi connectivity index (χ3v) is 3.47. The number of hydrogen-bond acceptors (Lipinski definition) is 3. The highest BCUT2D eigenvalue weighted by Gasteiger charge is 2.16. The fraction of sp³-hybridized carbons (Fsp3) is 0.455. The van der Waals surface area contributed by atoms with E-state index in [1.807, 2.05) is 26.0 Å². The van der Waals surface area contributed by atoms with E-state index in [0.717, 1.165) is 17.7 Å². The quantitative estimate of drug-likeness (QED) is 0.794. The zero-order valence-corrected chi connectivity index (χ0v) is 11.1. The molecule has 0 bridgehead atoms. The molecule has 0 aromatic carbocycles. The van der Waals surface area contributed by atoms with Crippen molar-refractivity contribution in [3.63, 3.8) is 0 Å². The van der Waals surface area contributed by atoms with Gasteiger partial charge in [0.25, 0.3) is 5.91 Å². The number of rotatable bonds is 5. The summed E-state index contributed by atoms with van der Waals surface area (Å²) in [4.78, 5) is 14.0. The van der Waals surface area contributed by atoms with Crippen molar-refractivity contribution in [1.29, 1.82) is 0 Å². The molecule has 1 heterocycles. The summed E-state index contributed by atoms with van der Waals surface area (Å²) in [5, 5.41) is 2.85. The van der Waals surface area contributed by atoms with Crippen LogP contribution in [0, 0.1) is 6.92 Å². The van der Waals surface area contributed by atoms with Gasteiger partial charge in [0.05, 0.1) is 15.9 Å². The first kappa shape index (κ1) is 13.1. The van der Waals surface area contributed by atoms with Crippen molar-refractivity contribution in [3.05, 3.63) is 21.9 Å². The Bertz CT molecular complexity index is 387. The van der Waals surface area contributed by atoms with E-state index >= 15 is 0 Å². The zero-order chi connectivity index (χ0) is 12.1. The first-order valence-electron chi connectivity index (χ1n) is 5.21. The van der Waals surface area contributed by atoms with Crippen molar-refractivity contribution < 1.29 is 4.79 Å². The van der Waals surface area contributed by atoms with E-state index in [2.05, 4.69) is 5.32 Å². The Balaban J connectivity index is 2.65. The van der Waals surface area contributed by atoms with Gasteiger partial charge in [-0.3, -0.25) is 4.79 Å². The number of thiocarbonyl (C=S) groups is 1. The molecule has 3 N–H and O–H groups in total. The number of thiophene rings is 1. The molecule has 0 aliphatic rings. The second-order valence-corrected chi connectivity index (χ2v) is 5.39. The largest absolute Gasteiger partial charge is 0.392 e. The highest BCUT2D eigenvalue weighted by atomic mass is 32.1. The van der Waals surface area contributed by atoms with E-state index in [4.69, 9.17) is 18.0 Å². The maximum atomic E-state index is 11.8. The van der Waals surface area contributed by atoms with Gasteiger partial charge in [-0.2, -0.15) is 0 Å². The van der Waals surface area contributed by atoms with E-state index in [9.17, 15) is 4.79 Å². The van der Waals surface area contributed by atoms with Crippen molar-refractivity contribution >= 4 is 34.5 Å². The van der Waals surface area contributed by atoms with Gasteiger partial charge >= 0.3 is 0 Å². The van der Waals surface area contributed by atoms with Gasteiger partial charge in [0.15, 0.2) is 0 Å². The Hall–Kier alpha value is -0.940. The molecular formula is C11H16N2OS2. The van der Waals surface area contributed by atoms with Crippen LogP contribution in [0.3, 0.4) is 0 Å². The van der Waals surface area contributed by atoms with Gasteiger partial charge in [-0.15, -0.1) is 11.3 Å². The van der Waals surface area contributed by atoms with Gasteiger partial charge in [-0.1, -0.05) is 25.6 Å². The number of aryl methyl sites for hydroxylation is 1. The molecule has 1 atom stereocenters. The Morgan fingerprint density at radius 1 is 1.62 bits per heavy atom. The van der Waals surface area contributed by atoms with E-state index in [0.29, 0.717) is 9.87 Å². The van der Waals surface area contributed by atoms with Crippen molar-refractivity contribution in [2.45, 2.75) is 32.7 Å². The predicted molar refractivity (Wildman–Crippen MR) is 72.0 cm³/mol. The summed E-state index contributed by atoms with van der Waals surface area (Å²) in [6.45, 7) is 4.01. The van der Waals surface area contributed by atoms with Gasteiger partial charge in [0.1, 0.15) is 0 Å². The minimum Gasteiger partial charge on any atom is -0.392 e. The smallest absolute Gasteiger partial charge is 0.261 e. The molecule has 16 heavy (non-hydrogen) atoms. The maximum Gasteiger partial charge on any atom is 0.261 e. The van der Waals surface area contributed by atoms with Crippen LogP contribution < -0.4 is 11.1 Å². The molecule has 3 nitrogen and oxygen atoms in total. The number of hydrogen-bond donors (Lipinski definition) is 2. The minimum atomic E-state index is -0.199. The van der Waals surface area contributed by atoms with Gasteiger partial charge in [-0.25, -0.2) is 0 Å². The molecule has 0 saturated heterocycles. The molecule has 1 aromatic heterocycles. The maximum absolute atomic E-state index is 11.8. The average molecular weight is 256 g/mol. The lowest BCUT2D eigenvalue weighted by Crippen LogP contribution is -2.43. The fourth-order valence-corrected chi connectivity index (χ4v) is 2.31. The summed E-state index contributed by atoms with van der Waals surface area (Å²) < 4.78 is 0. The Morgan fingerprint density at radius 2 is 2.31 bits per heavy atom. The second kappa shape index (κ2) is 5.96. The lowest BCUT2D eigenvalue weighted by atomic mass is 10.1. The van der Waals surface area contributed by atoms with Crippen LogP contribution in [0.1, 0.15) is 34.3 Å². The van der Waals surface area contributed by atoms with E-state index in [1.54, 1.807) is 0 Å². The summed E-state index contributed by atoms with van der Waals surface area (Å²) in [5.74, 6) is -0.0932. The van der Waals surface area contributed by atoms with Crippen LogP contribution in [0.15, 0.2) is 12.1 Å². The summed E-state index contributed by atoms with van der Waals surface area (Å²) in [7, 11) is 0. The molecular weight excluding hydrogens is 240 g/mol. The normalized spacial score (nSPS) is 12.1. The summed E-state index contributed by atoms with van der Waals surface area (Å²) in [6, 6.07) is 3.54. The van der Waals surface area contributed by atoms with Crippen LogP contribution in [0.25, 0.3) is 0 Å². The number of amides is 1. The van der Waals surface area contributed by atoms with Crippen LogP contribution in [0.4, 0.5) is 0 Å². The number of carbonyl (C=O) groups is 1. The average Bonchev–Trinajstić information content (AvgIpc) is 2.64. The molecule has 1 amide bonds. The molecule has 0 aliphatic heterocycles. The van der Waals surface area contributed by atoms with Gasteiger partial charge in [-0.05, 0) is 25.5 Å². The van der Waals surface area contributed by atoms with Crippen LogP contribution in [-0.4, -0.2) is 16.9 Å². The first-order valence-corrected chi connectivity index (χ1v) is 6.43. The lowest BCUT2D eigenvalue weighted by molar-refractivity contribution is 0.0950. The Morgan fingerprint density at radius 3 is 2.75 bits per heavy atom. The number of nitrogens with two attached hydrogens (primary N) is 1. The molecule has 1 aromatic rings. The topological polar surface area (TPSA) is 55.1 Å². The third-order valence-electron chi connectivity index (χ3n) is 2.19. The van der Waals surface area contributed by atoms with E-state index in [-0.39, 0.29) is 11.9 Å². The predicted octanol–water partition coefficient (Wildman–Crippen LogP) is 2.24. The standard InChI is InChI=1S/C11H16N2OS2/c1-3-4-8(10(12)15)13-11(14)9-6-5-7(2)16-9/h5-6,8H,3-4H2,1-2H3,(H2,12,15)(H,13,14). The Labute approximate surface area is 105 Å². The minimum absolute atomic E-state index is 0.0932. The number of nitrogens with one attached hydrogen (secondary N) is 1. The second-order valence-electron chi connectivity index (χ2n) is 3.63. The number of carbonyl (C=O) groups excluding carboxylic acids is 1. The SMILES string of the molecule is CCCC(NC(=O)c1ccc(C)s1)C(N)=S. The van der Waals surface area contributed by atoms with E-state index in [1.165, 1.54) is 11.3 Å². The lowest BCUT2D eigenvalue weighted by Gasteiger charge is -2.15. The zero-order valence-electron chi connectivity index (χ0n) is 9.45.